The highest BCUT2D eigenvalue weighted by Gasteiger charge is 2.07. The van der Waals surface area contributed by atoms with E-state index in [1.54, 1.807) is 32.5 Å². The number of nitrogens with one attached hydrogen (secondary N) is 3. The Kier molecular flexibility index (Phi) is 9.63. The van der Waals surface area contributed by atoms with Gasteiger partial charge in [-0.15, -0.1) is 12.4 Å². The highest BCUT2D eigenvalue weighted by molar-refractivity contribution is 5.85. The van der Waals surface area contributed by atoms with Crippen LogP contribution in [0.3, 0.4) is 0 Å². The molecule has 2 aromatic heterocycles. The molecule has 0 fully saturated rings. The summed E-state index contributed by atoms with van der Waals surface area (Å²) in [5.74, 6) is 1.17. The predicted molar refractivity (Wildman–Crippen MR) is 100 cm³/mol. The van der Waals surface area contributed by atoms with Gasteiger partial charge in [0, 0.05) is 27.3 Å². The molecule has 2 rings (SSSR count). The third-order valence-electron chi connectivity index (χ3n) is 2.95. The first kappa shape index (κ1) is 21.3. The molecule has 10 nitrogen and oxygen atoms in total. The van der Waals surface area contributed by atoms with Gasteiger partial charge in [-0.25, -0.2) is 4.98 Å². The number of anilines is 4. The van der Waals surface area contributed by atoms with Crippen molar-refractivity contribution >= 4 is 35.9 Å². The van der Waals surface area contributed by atoms with E-state index in [-0.39, 0.29) is 12.4 Å². The monoisotopic (exact) mass is 380 g/mol. The fourth-order valence-electron chi connectivity index (χ4n) is 1.78. The van der Waals surface area contributed by atoms with Crippen LogP contribution in [0, 0.1) is 11.3 Å². The highest BCUT2D eigenvalue weighted by Crippen LogP contribution is 2.15. The first-order valence-electron chi connectivity index (χ1n) is 7.60. The molecule has 0 aliphatic heterocycles. The van der Waals surface area contributed by atoms with Gasteiger partial charge in [-0.2, -0.15) is 20.2 Å². The first-order chi connectivity index (χ1) is 12.2. The minimum Gasteiger partial charge on any atom is -0.383 e. The molecule has 0 atom stereocenters. The molecule has 0 spiro atoms. The van der Waals surface area contributed by atoms with E-state index < -0.39 is 0 Å². The van der Waals surface area contributed by atoms with Crippen LogP contribution in [0.2, 0.25) is 0 Å². The summed E-state index contributed by atoms with van der Waals surface area (Å²) in [5.41, 5.74) is 1.00. The van der Waals surface area contributed by atoms with Crippen LogP contribution in [0.25, 0.3) is 0 Å². The van der Waals surface area contributed by atoms with Crippen LogP contribution in [-0.2, 0) is 9.47 Å². The number of methoxy groups -OCH3 is 2. The zero-order valence-corrected chi connectivity index (χ0v) is 15.3. The summed E-state index contributed by atoms with van der Waals surface area (Å²) in [6.07, 6.45) is 1.54. The van der Waals surface area contributed by atoms with Gasteiger partial charge in [0.05, 0.1) is 25.1 Å². The summed E-state index contributed by atoms with van der Waals surface area (Å²) in [6.45, 7) is 2.19. The lowest BCUT2D eigenvalue weighted by Crippen LogP contribution is -2.15. The minimum atomic E-state index is 0. The van der Waals surface area contributed by atoms with Crippen LogP contribution < -0.4 is 16.0 Å². The molecule has 0 aliphatic rings. The molecule has 0 bridgehead atoms. The third-order valence-corrected chi connectivity index (χ3v) is 2.95. The lowest BCUT2D eigenvalue weighted by Gasteiger charge is -2.11. The van der Waals surface area contributed by atoms with Gasteiger partial charge in [0.2, 0.25) is 17.8 Å². The molecule has 0 saturated heterocycles. The van der Waals surface area contributed by atoms with E-state index in [0.717, 1.165) is 0 Å². The number of nitriles is 1. The van der Waals surface area contributed by atoms with Crippen LogP contribution in [-0.4, -0.2) is 60.5 Å². The summed E-state index contributed by atoms with van der Waals surface area (Å²) >= 11 is 0. The normalized spacial score (nSPS) is 9.73. The Balaban J connectivity index is 0.00000338. The number of nitrogens with zero attached hydrogens (tertiary/aromatic N) is 5. The third kappa shape index (κ3) is 7.02. The quantitative estimate of drug-likeness (QED) is 0.520. The molecule has 0 unspecified atom stereocenters. The van der Waals surface area contributed by atoms with Crippen molar-refractivity contribution in [2.24, 2.45) is 0 Å². The second-order valence-electron chi connectivity index (χ2n) is 4.81. The van der Waals surface area contributed by atoms with Gasteiger partial charge < -0.3 is 25.4 Å². The molecule has 11 heteroatoms. The number of pyridine rings is 1. The van der Waals surface area contributed by atoms with Crippen LogP contribution >= 0.6 is 12.4 Å². The van der Waals surface area contributed by atoms with Crippen molar-refractivity contribution < 1.29 is 9.47 Å². The number of rotatable bonds is 10. The van der Waals surface area contributed by atoms with Crippen LogP contribution in [0.4, 0.5) is 23.5 Å². The average molecular weight is 381 g/mol. The Bertz CT molecular complexity index is 680. The maximum Gasteiger partial charge on any atom is 0.233 e. The van der Waals surface area contributed by atoms with Crippen molar-refractivity contribution in [1.82, 2.24) is 19.9 Å². The Hall–Kier alpha value is -2.74. The Morgan fingerprint density at radius 3 is 2.00 bits per heavy atom. The highest BCUT2D eigenvalue weighted by atomic mass is 35.5. The maximum absolute atomic E-state index is 8.79. The Labute approximate surface area is 157 Å². The molecule has 2 aromatic rings. The average Bonchev–Trinajstić information content (AvgIpc) is 2.63. The molecule has 3 N–H and O–H groups in total. The van der Waals surface area contributed by atoms with E-state index in [9.17, 15) is 0 Å². The summed E-state index contributed by atoms with van der Waals surface area (Å²) in [7, 11) is 3.25. The van der Waals surface area contributed by atoms with Crippen molar-refractivity contribution in [2.75, 3.05) is 56.5 Å². The van der Waals surface area contributed by atoms with Crippen molar-refractivity contribution in [3.63, 3.8) is 0 Å². The van der Waals surface area contributed by atoms with Crippen LogP contribution in [0.5, 0.6) is 0 Å². The van der Waals surface area contributed by atoms with Crippen molar-refractivity contribution in [3.05, 3.63) is 24.0 Å². The van der Waals surface area contributed by atoms with Gasteiger partial charge in [0.1, 0.15) is 11.8 Å². The molecule has 0 aliphatic carbocycles. The lowest BCUT2D eigenvalue weighted by atomic mass is 10.3. The standard InChI is InChI=1S/C15H20N8O2.ClH/c1-24-7-5-17-13-21-14(18-6-8-25-2)23-15(22-13)20-12-4-3-11(9-16)19-10-12;/h3-4,10H,5-8H2,1-2H3,(H3,17,18,20,21,22,23);1H. The molecule has 2 heterocycles. The summed E-state index contributed by atoms with van der Waals surface area (Å²) in [4.78, 5) is 16.9. The smallest absolute Gasteiger partial charge is 0.233 e. The molecule has 0 radical (unpaired) electrons. The molecule has 0 amide bonds. The molecule has 0 saturated carbocycles. The largest absolute Gasteiger partial charge is 0.383 e. The molecular formula is C15H21ClN8O2. The van der Waals surface area contributed by atoms with Gasteiger partial charge >= 0.3 is 0 Å². The molecule has 140 valence electrons. The maximum atomic E-state index is 8.79. The second-order valence-corrected chi connectivity index (χ2v) is 4.81. The van der Waals surface area contributed by atoms with Crippen LogP contribution in [0.15, 0.2) is 18.3 Å². The Morgan fingerprint density at radius 2 is 1.54 bits per heavy atom. The summed E-state index contributed by atoms with van der Waals surface area (Å²) < 4.78 is 10.0. The fraction of sp³-hybridized carbons (Fsp3) is 0.400. The number of hydrogen-bond acceptors (Lipinski definition) is 10. The van der Waals surface area contributed by atoms with Crippen molar-refractivity contribution in [1.29, 1.82) is 5.26 Å². The van der Waals surface area contributed by atoms with E-state index in [1.807, 2.05) is 6.07 Å². The van der Waals surface area contributed by atoms with Gasteiger partial charge in [-0.1, -0.05) is 0 Å². The molecule has 0 aromatic carbocycles. The number of ether oxygens (including phenoxy) is 2. The van der Waals surface area contributed by atoms with Gasteiger partial charge in [0.25, 0.3) is 0 Å². The van der Waals surface area contributed by atoms with Crippen molar-refractivity contribution in [2.45, 2.75) is 0 Å². The zero-order valence-electron chi connectivity index (χ0n) is 14.5. The zero-order chi connectivity index (χ0) is 17.9. The SMILES string of the molecule is COCCNc1nc(NCCOC)nc(Nc2ccc(C#N)nc2)n1.Cl. The van der Waals surface area contributed by atoms with E-state index in [2.05, 4.69) is 35.9 Å². The van der Waals surface area contributed by atoms with Crippen LogP contribution in [0.1, 0.15) is 5.69 Å². The Morgan fingerprint density at radius 1 is 0.962 bits per heavy atom. The first-order valence-corrected chi connectivity index (χ1v) is 7.60. The van der Waals surface area contributed by atoms with E-state index in [4.69, 9.17) is 14.7 Å². The lowest BCUT2D eigenvalue weighted by molar-refractivity contribution is 0.210. The number of hydrogen-bond donors (Lipinski definition) is 3. The molecule has 26 heavy (non-hydrogen) atoms. The summed E-state index contributed by atoms with van der Waals surface area (Å²) in [6, 6.07) is 5.31. The van der Waals surface area contributed by atoms with Gasteiger partial charge in [0.15, 0.2) is 0 Å². The van der Waals surface area contributed by atoms with E-state index in [1.165, 1.54) is 0 Å². The number of aromatic nitrogens is 4. The van der Waals surface area contributed by atoms with Gasteiger partial charge in [-0.05, 0) is 12.1 Å². The fourth-order valence-corrected chi connectivity index (χ4v) is 1.78. The van der Waals surface area contributed by atoms with E-state index in [0.29, 0.717) is 55.5 Å². The molecular weight excluding hydrogens is 360 g/mol. The second kappa shape index (κ2) is 11.8. The van der Waals surface area contributed by atoms with Crippen molar-refractivity contribution in [3.8, 4) is 6.07 Å². The number of halogens is 1. The van der Waals surface area contributed by atoms with E-state index >= 15 is 0 Å². The van der Waals surface area contributed by atoms with Gasteiger partial charge in [-0.3, -0.25) is 0 Å². The topological polar surface area (TPSA) is 130 Å². The summed E-state index contributed by atoms with van der Waals surface area (Å²) in [5, 5.41) is 18.0. The minimum absolute atomic E-state index is 0. The predicted octanol–water partition coefficient (Wildman–Crippen LogP) is 1.42.